The fraction of sp³-hybridized carbons (Fsp3) is 0.0333. The van der Waals surface area contributed by atoms with Gasteiger partial charge in [0.2, 0.25) is 0 Å². The van der Waals surface area contributed by atoms with Crippen molar-refractivity contribution in [1.29, 1.82) is 0 Å². The minimum atomic E-state index is -0.549. The molecular weight excluding hydrogens is 799 g/mol. The zero-order valence-corrected chi connectivity index (χ0v) is 37.8. The Kier molecular flexibility index (Phi) is 11.5. The van der Waals surface area contributed by atoms with E-state index in [1.165, 1.54) is 76.4 Å². The van der Waals surface area contributed by atoms with E-state index in [0.717, 1.165) is 34.4 Å². The van der Waals surface area contributed by atoms with Crippen LogP contribution in [0, 0.1) is 12.3 Å². The normalized spacial score (nSPS) is 13.9. The van der Waals surface area contributed by atoms with Crippen molar-refractivity contribution in [2.45, 2.75) is 11.8 Å². The van der Waals surface area contributed by atoms with Gasteiger partial charge < -0.3 is 4.90 Å². The third kappa shape index (κ3) is 7.61. The Labute approximate surface area is 390 Å². The number of fused-ring (bicyclic) bond motifs is 1. The summed E-state index contributed by atoms with van der Waals surface area (Å²) in [4.78, 5) is 4.96. The molecule has 0 aliphatic heterocycles. The molecule has 1 heterocycles. The van der Waals surface area contributed by atoms with Gasteiger partial charge in [-0.05, 0) is 104 Å². The molecule has 0 bridgehead atoms. The minimum Gasteiger partial charge on any atom is -0.311 e. The number of anilines is 3. The van der Waals surface area contributed by atoms with Crippen molar-refractivity contribution in [1.82, 2.24) is 0 Å². The maximum Gasteiger partial charge on any atom is 0.149 e. The second-order valence-electron chi connectivity index (χ2n) is 16.8. The first-order valence-corrected chi connectivity index (χ1v) is 23.2. The van der Waals surface area contributed by atoms with Gasteiger partial charge in [0.25, 0.3) is 0 Å². The summed E-state index contributed by atoms with van der Waals surface area (Å²) in [5, 5.41) is 0. The van der Waals surface area contributed by atoms with Crippen LogP contribution in [0.2, 0.25) is 0 Å². The van der Waals surface area contributed by atoms with Crippen LogP contribution in [0.15, 0.2) is 246 Å². The molecule has 9 aromatic rings. The summed E-state index contributed by atoms with van der Waals surface area (Å²) in [5.74, 6) is 2.97. The van der Waals surface area contributed by atoms with Gasteiger partial charge in [0.05, 0.1) is 5.41 Å². The average molecular weight is 846 g/mol. The zero-order valence-electron chi connectivity index (χ0n) is 37.0. The van der Waals surface area contributed by atoms with Gasteiger partial charge in [0, 0.05) is 26.8 Å². The summed E-state index contributed by atoms with van der Waals surface area (Å²) >= 11 is 1.92. The van der Waals surface area contributed by atoms with Crippen LogP contribution in [0.5, 0.6) is 0 Å². The van der Waals surface area contributed by atoms with Crippen molar-refractivity contribution in [3.63, 3.8) is 0 Å². The van der Waals surface area contributed by atoms with Gasteiger partial charge in [0.1, 0.15) is 23.5 Å². The summed E-state index contributed by atoms with van der Waals surface area (Å²) in [6, 6.07) is 81.5. The van der Waals surface area contributed by atoms with E-state index in [9.17, 15) is 0 Å². The topological polar surface area (TPSA) is 3.24 Å². The predicted octanol–water partition coefficient (Wildman–Crippen LogP) is 12.8. The van der Waals surface area contributed by atoms with E-state index in [1.54, 1.807) is 0 Å². The van der Waals surface area contributed by atoms with Crippen LogP contribution in [0.3, 0.4) is 0 Å². The predicted molar refractivity (Wildman–Crippen MR) is 286 cm³/mol. The van der Waals surface area contributed by atoms with Gasteiger partial charge in [-0.3, -0.25) is 0 Å². The lowest BCUT2D eigenvalue weighted by atomic mass is 9.60. The average Bonchev–Trinajstić information content (AvgIpc) is 3.94. The molecule has 1 aliphatic rings. The molecule has 0 fully saturated rings. The molecule has 65 heavy (non-hydrogen) atoms. The molecule has 0 unspecified atom stereocenters. The van der Waals surface area contributed by atoms with Gasteiger partial charge in [-0.1, -0.05) is 210 Å². The van der Waals surface area contributed by atoms with E-state index in [-0.39, 0.29) is 0 Å². The third-order valence-corrected chi connectivity index (χ3v) is 14.6. The van der Waals surface area contributed by atoms with Crippen molar-refractivity contribution in [2.75, 3.05) is 4.90 Å². The lowest BCUT2D eigenvalue weighted by Crippen LogP contribution is -2.30. The summed E-state index contributed by atoms with van der Waals surface area (Å²) in [7, 11) is 6.54. The standard InChI is InChI=1S/C60H46B3NS/c1-2-54(61)57(63)56(62)53-40-52-55(60(53,47-24-14-6-15-25-47)48-26-16-7-17-27-48)59(45-22-12-5-13-23-45)65-58(52)46-32-38-51(39-33-46)64(49-34-28-43(29-35-49)41-18-8-3-9-19-41)50-36-30-44(31-37-50)42-20-10-4-11-21-42/h1,3-39H,40,61-63H2/b56-53-,57-54-. The van der Waals surface area contributed by atoms with Crippen LogP contribution in [-0.2, 0) is 11.8 Å². The summed E-state index contributed by atoms with van der Waals surface area (Å²) < 4.78 is 0. The molecule has 0 N–H and O–H groups in total. The first-order valence-electron chi connectivity index (χ1n) is 22.3. The Morgan fingerprint density at radius 1 is 0.446 bits per heavy atom. The fourth-order valence-corrected chi connectivity index (χ4v) is 11.2. The SMILES string of the molecule is B/C(C#C)=C(B)/C(B)=C1\Cc2c(-c3ccc(N(c4ccc(-c5ccccc5)cc4)c4ccc(-c5ccccc5)cc4)cc3)sc(-c3ccccc3)c2C1(c1ccccc1)c1ccccc1. The Morgan fingerprint density at radius 3 is 1.22 bits per heavy atom. The van der Waals surface area contributed by atoms with Gasteiger partial charge in [-0.15, -0.1) is 17.8 Å². The second-order valence-corrected chi connectivity index (χ2v) is 17.9. The highest BCUT2D eigenvalue weighted by molar-refractivity contribution is 7.19. The van der Waals surface area contributed by atoms with Gasteiger partial charge in [0.15, 0.2) is 0 Å². The molecule has 0 saturated carbocycles. The highest BCUT2D eigenvalue weighted by atomic mass is 32.1. The number of hydrogen-bond donors (Lipinski definition) is 0. The number of rotatable bonds is 10. The highest BCUT2D eigenvalue weighted by Crippen LogP contribution is 2.61. The molecule has 0 amide bonds. The van der Waals surface area contributed by atoms with E-state index in [0.29, 0.717) is 0 Å². The summed E-state index contributed by atoms with van der Waals surface area (Å²) in [5.41, 5.74) is 20.0. The van der Waals surface area contributed by atoms with Gasteiger partial charge in [-0.25, -0.2) is 0 Å². The maximum atomic E-state index is 6.10. The summed E-state index contributed by atoms with van der Waals surface area (Å²) in [6.07, 6.45) is 6.90. The smallest absolute Gasteiger partial charge is 0.149 e. The van der Waals surface area contributed by atoms with Crippen LogP contribution >= 0.6 is 11.3 Å². The van der Waals surface area contributed by atoms with E-state index in [4.69, 9.17) is 6.42 Å². The Morgan fingerprint density at radius 2 is 0.800 bits per heavy atom. The number of hydrogen-bond acceptors (Lipinski definition) is 2. The van der Waals surface area contributed by atoms with Crippen LogP contribution in [-0.4, -0.2) is 23.5 Å². The third-order valence-electron chi connectivity index (χ3n) is 13.3. The highest BCUT2D eigenvalue weighted by Gasteiger charge is 2.50. The van der Waals surface area contributed by atoms with Crippen molar-refractivity contribution in [3.8, 4) is 55.5 Å². The lowest BCUT2D eigenvalue weighted by Gasteiger charge is -2.36. The molecule has 0 radical (unpaired) electrons. The number of allylic oxidation sites excluding steroid dienone is 4. The van der Waals surface area contributed by atoms with Crippen LogP contribution in [0.25, 0.3) is 43.1 Å². The lowest BCUT2D eigenvalue weighted by molar-refractivity contribution is 0.749. The molecule has 0 saturated heterocycles. The Bertz CT molecular complexity index is 3080. The maximum absolute atomic E-state index is 6.10. The monoisotopic (exact) mass is 845 g/mol. The number of benzene rings is 8. The van der Waals surface area contributed by atoms with E-state index < -0.39 is 5.41 Å². The molecular formula is C60H46B3NS. The second kappa shape index (κ2) is 17.9. The van der Waals surface area contributed by atoms with E-state index in [1.807, 2.05) is 11.3 Å². The molecule has 5 heteroatoms. The fourth-order valence-electron chi connectivity index (χ4n) is 9.80. The molecule has 10 rings (SSSR count). The van der Waals surface area contributed by atoms with E-state index >= 15 is 0 Å². The van der Waals surface area contributed by atoms with Crippen molar-refractivity contribution in [3.05, 3.63) is 269 Å². The van der Waals surface area contributed by atoms with Crippen LogP contribution in [0.4, 0.5) is 17.1 Å². The van der Waals surface area contributed by atoms with Crippen LogP contribution in [0.1, 0.15) is 22.3 Å². The Hall–Kier alpha value is -7.51. The zero-order chi connectivity index (χ0) is 44.3. The van der Waals surface area contributed by atoms with Crippen LogP contribution < -0.4 is 4.90 Å². The molecule has 0 spiro atoms. The van der Waals surface area contributed by atoms with Gasteiger partial charge in [-0.2, -0.15) is 0 Å². The first kappa shape index (κ1) is 41.5. The quantitative estimate of drug-likeness (QED) is 0.0979. The number of terminal acetylenes is 1. The minimum absolute atomic E-state index is 0.549. The number of nitrogens with zero attached hydrogens (tertiary/aromatic N) is 1. The van der Waals surface area contributed by atoms with E-state index in [2.05, 4.69) is 259 Å². The van der Waals surface area contributed by atoms with Crippen molar-refractivity contribution < 1.29 is 0 Å². The van der Waals surface area contributed by atoms with Gasteiger partial charge >= 0.3 is 0 Å². The number of thiophene rings is 1. The molecule has 8 aromatic carbocycles. The molecule has 0 atom stereocenters. The Balaban J connectivity index is 1.16. The summed E-state index contributed by atoms with van der Waals surface area (Å²) in [6.45, 7) is 0. The molecule has 306 valence electrons. The molecule has 1 aromatic heterocycles. The first-order chi connectivity index (χ1) is 31.9. The van der Waals surface area contributed by atoms with Crippen molar-refractivity contribution >= 4 is 51.9 Å². The molecule has 1 nitrogen and oxygen atoms in total. The van der Waals surface area contributed by atoms with Crippen molar-refractivity contribution in [2.24, 2.45) is 0 Å². The largest absolute Gasteiger partial charge is 0.311 e. The molecule has 1 aliphatic carbocycles.